The van der Waals surface area contributed by atoms with Gasteiger partial charge in [-0.3, -0.25) is 0 Å². The van der Waals surface area contributed by atoms with Crippen LogP contribution in [0.2, 0.25) is 0 Å². The Morgan fingerprint density at radius 2 is 2.40 bits per heavy atom. The van der Waals surface area contributed by atoms with Crippen LogP contribution in [0.5, 0.6) is 0 Å². The van der Waals surface area contributed by atoms with Gasteiger partial charge in [0, 0.05) is 32.7 Å². The zero-order valence-electron chi connectivity index (χ0n) is 9.43. The van der Waals surface area contributed by atoms with E-state index < -0.39 is 6.10 Å². The summed E-state index contributed by atoms with van der Waals surface area (Å²) in [5, 5.41) is 12.2. The van der Waals surface area contributed by atoms with E-state index in [1.165, 1.54) is 0 Å². The van der Waals surface area contributed by atoms with Gasteiger partial charge in [0.15, 0.2) is 5.13 Å². The summed E-state index contributed by atoms with van der Waals surface area (Å²) in [4.78, 5) is 6.42. The van der Waals surface area contributed by atoms with Crippen molar-refractivity contribution in [2.45, 2.75) is 19.4 Å². The van der Waals surface area contributed by atoms with E-state index in [4.69, 9.17) is 4.74 Å². The normalized spacial score (nSPS) is 12.8. The van der Waals surface area contributed by atoms with Gasteiger partial charge in [-0.1, -0.05) is 0 Å². The molecule has 0 saturated heterocycles. The van der Waals surface area contributed by atoms with E-state index >= 15 is 0 Å². The number of thiazole rings is 1. The summed E-state index contributed by atoms with van der Waals surface area (Å²) in [6.07, 6.45) is 0.499. The second kappa shape index (κ2) is 6.05. The van der Waals surface area contributed by atoms with Crippen molar-refractivity contribution in [1.82, 2.24) is 4.98 Å². The molecule has 4 nitrogen and oxygen atoms in total. The van der Waals surface area contributed by atoms with Gasteiger partial charge in [0.05, 0.1) is 11.8 Å². The lowest BCUT2D eigenvalue weighted by Crippen LogP contribution is -2.19. The van der Waals surface area contributed by atoms with Gasteiger partial charge in [-0.05, 0) is 13.3 Å². The van der Waals surface area contributed by atoms with Crippen LogP contribution in [0.15, 0.2) is 5.38 Å². The topological polar surface area (TPSA) is 45.6 Å². The van der Waals surface area contributed by atoms with Crippen molar-refractivity contribution in [1.29, 1.82) is 0 Å². The summed E-state index contributed by atoms with van der Waals surface area (Å²) in [6.45, 7) is 3.41. The third kappa shape index (κ3) is 3.77. The summed E-state index contributed by atoms with van der Waals surface area (Å²) >= 11 is 1.56. The molecule has 0 fully saturated rings. The quantitative estimate of drug-likeness (QED) is 0.755. The predicted molar refractivity (Wildman–Crippen MR) is 62.5 cm³/mol. The van der Waals surface area contributed by atoms with Gasteiger partial charge in [0.25, 0.3) is 0 Å². The van der Waals surface area contributed by atoms with Gasteiger partial charge in [-0.25, -0.2) is 4.98 Å². The zero-order valence-corrected chi connectivity index (χ0v) is 10.3. The molecule has 5 heteroatoms. The van der Waals surface area contributed by atoms with Crippen molar-refractivity contribution in [2.75, 3.05) is 32.2 Å². The van der Waals surface area contributed by atoms with Crippen LogP contribution < -0.4 is 4.90 Å². The van der Waals surface area contributed by atoms with Gasteiger partial charge < -0.3 is 14.7 Å². The molecule has 0 aliphatic rings. The highest BCUT2D eigenvalue weighted by atomic mass is 32.1. The molecular weight excluding hydrogens is 212 g/mol. The summed E-state index contributed by atoms with van der Waals surface area (Å²) in [5.41, 5.74) is 0.744. The SMILES string of the molecule is COCCCN(C)c1nc(C(C)O)cs1. The van der Waals surface area contributed by atoms with Gasteiger partial charge in [-0.15, -0.1) is 11.3 Å². The van der Waals surface area contributed by atoms with E-state index in [9.17, 15) is 5.11 Å². The number of rotatable bonds is 6. The summed E-state index contributed by atoms with van der Waals surface area (Å²) in [7, 11) is 3.70. The molecule has 1 aromatic rings. The molecule has 0 aliphatic carbocycles. The number of aliphatic hydroxyl groups excluding tert-OH is 1. The Labute approximate surface area is 94.5 Å². The fraction of sp³-hybridized carbons (Fsp3) is 0.700. The van der Waals surface area contributed by atoms with Crippen molar-refractivity contribution >= 4 is 16.5 Å². The average molecular weight is 230 g/mol. The van der Waals surface area contributed by atoms with Gasteiger partial charge in [-0.2, -0.15) is 0 Å². The van der Waals surface area contributed by atoms with Crippen LogP contribution in [0, 0.1) is 0 Å². The van der Waals surface area contributed by atoms with Crippen LogP contribution >= 0.6 is 11.3 Å². The largest absolute Gasteiger partial charge is 0.387 e. The Bertz CT molecular complexity index is 289. The molecule has 0 aromatic carbocycles. The molecule has 1 heterocycles. The fourth-order valence-electron chi connectivity index (χ4n) is 1.19. The van der Waals surface area contributed by atoms with Crippen LogP contribution in [0.25, 0.3) is 0 Å². The lowest BCUT2D eigenvalue weighted by atomic mass is 10.3. The van der Waals surface area contributed by atoms with Crippen LogP contribution in [0.3, 0.4) is 0 Å². The molecule has 0 spiro atoms. The first-order valence-electron chi connectivity index (χ1n) is 4.98. The molecule has 0 saturated carbocycles. The van der Waals surface area contributed by atoms with E-state index in [1.807, 2.05) is 12.4 Å². The number of anilines is 1. The molecular formula is C10H18N2O2S. The number of methoxy groups -OCH3 is 1. The van der Waals surface area contributed by atoms with E-state index in [0.29, 0.717) is 0 Å². The van der Waals surface area contributed by atoms with Crippen LogP contribution in [0.1, 0.15) is 25.1 Å². The third-order valence-corrected chi connectivity index (χ3v) is 3.08. The molecule has 1 aromatic heterocycles. The molecule has 0 bridgehead atoms. The molecule has 0 aliphatic heterocycles. The minimum absolute atomic E-state index is 0.484. The Morgan fingerprint density at radius 1 is 1.67 bits per heavy atom. The van der Waals surface area contributed by atoms with Gasteiger partial charge in [0.1, 0.15) is 0 Å². The Morgan fingerprint density at radius 3 is 2.93 bits per heavy atom. The monoisotopic (exact) mass is 230 g/mol. The predicted octanol–water partition coefficient (Wildman–Crippen LogP) is 1.67. The molecule has 1 unspecified atom stereocenters. The number of aromatic nitrogens is 1. The van der Waals surface area contributed by atoms with E-state index in [2.05, 4.69) is 9.88 Å². The minimum Gasteiger partial charge on any atom is -0.387 e. The fourth-order valence-corrected chi connectivity index (χ4v) is 2.09. The second-order valence-electron chi connectivity index (χ2n) is 3.50. The summed E-state index contributed by atoms with van der Waals surface area (Å²) < 4.78 is 4.99. The van der Waals surface area contributed by atoms with Gasteiger partial charge >= 0.3 is 0 Å². The van der Waals surface area contributed by atoms with E-state index in [0.717, 1.165) is 30.4 Å². The Kier molecular flexibility index (Phi) is 5.01. The highest BCUT2D eigenvalue weighted by Crippen LogP contribution is 2.22. The average Bonchev–Trinajstić information content (AvgIpc) is 2.66. The first-order chi connectivity index (χ1) is 7.15. The number of aliphatic hydroxyl groups is 1. The first-order valence-corrected chi connectivity index (χ1v) is 5.86. The first kappa shape index (κ1) is 12.4. The van der Waals surface area contributed by atoms with Crippen LogP contribution in [0.4, 0.5) is 5.13 Å². The standard InChI is InChI=1S/C10H18N2O2S/c1-8(13)9-7-15-10(11-9)12(2)5-4-6-14-3/h7-8,13H,4-6H2,1-3H3. The molecule has 86 valence electrons. The Hall–Kier alpha value is -0.650. The number of ether oxygens (including phenoxy) is 1. The molecule has 1 N–H and O–H groups in total. The summed E-state index contributed by atoms with van der Waals surface area (Å²) in [5.74, 6) is 0. The molecule has 1 rings (SSSR count). The molecule has 1 atom stereocenters. The van der Waals surface area contributed by atoms with E-state index in [-0.39, 0.29) is 0 Å². The Balaban J connectivity index is 2.47. The van der Waals surface area contributed by atoms with Crippen molar-refractivity contribution in [3.8, 4) is 0 Å². The number of nitrogens with zero attached hydrogens (tertiary/aromatic N) is 2. The highest BCUT2D eigenvalue weighted by Gasteiger charge is 2.09. The molecule has 0 radical (unpaired) electrons. The minimum atomic E-state index is -0.484. The van der Waals surface area contributed by atoms with E-state index in [1.54, 1.807) is 25.4 Å². The highest BCUT2D eigenvalue weighted by molar-refractivity contribution is 7.13. The van der Waals surface area contributed by atoms with Crippen LogP contribution in [-0.2, 0) is 4.74 Å². The number of hydrogen-bond donors (Lipinski definition) is 1. The maximum Gasteiger partial charge on any atom is 0.185 e. The maximum absolute atomic E-state index is 9.34. The van der Waals surface area contributed by atoms with Crippen molar-refractivity contribution in [2.24, 2.45) is 0 Å². The molecule has 0 amide bonds. The van der Waals surface area contributed by atoms with Crippen molar-refractivity contribution in [3.63, 3.8) is 0 Å². The summed E-state index contributed by atoms with van der Waals surface area (Å²) in [6, 6.07) is 0. The zero-order chi connectivity index (χ0) is 11.3. The second-order valence-corrected chi connectivity index (χ2v) is 4.34. The lowest BCUT2D eigenvalue weighted by Gasteiger charge is -2.14. The van der Waals surface area contributed by atoms with Crippen LogP contribution in [-0.4, -0.2) is 37.4 Å². The van der Waals surface area contributed by atoms with Gasteiger partial charge in [0.2, 0.25) is 0 Å². The third-order valence-electron chi connectivity index (χ3n) is 2.11. The maximum atomic E-state index is 9.34. The van der Waals surface area contributed by atoms with Crippen molar-refractivity contribution in [3.05, 3.63) is 11.1 Å². The molecule has 15 heavy (non-hydrogen) atoms. The lowest BCUT2D eigenvalue weighted by molar-refractivity contribution is 0.194. The van der Waals surface area contributed by atoms with Crippen molar-refractivity contribution < 1.29 is 9.84 Å². The smallest absolute Gasteiger partial charge is 0.185 e. The number of hydrogen-bond acceptors (Lipinski definition) is 5.